The van der Waals surface area contributed by atoms with Crippen molar-refractivity contribution in [2.45, 2.75) is 17.8 Å². The van der Waals surface area contributed by atoms with Gasteiger partial charge in [-0.15, -0.1) is 0 Å². The highest BCUT2D eigenvalue weighted by molar-refractivity contribution is 9.09. The smallest absolute Gasteiger partial charge is 0.306 e. The van der Waals surface area contributed by atoms with Gasteiger partial charge < -0.3 is 10.0 Å². The predicted molar refractivity (Wildman–Crippen MR) is 64.7 cm³/mol. The van der Waals surface area contributed by atoms with Crippen LogP contribution in [0.15, 0.2) is 24.4 Å². The van der Waals surface area contributed by atoms with Crippen LogP contribution < -0.4 is 4.90 Å². The van der Waals surface area contributed by atoms with Crippen LogP contribution in [0.3, 0.4) is 0 Å². The van der Waals surface area contributed by atoms with Gasteiger partial charge in [-0.3, -0.25) is 4.79 Å². The summed E-state index contributed by atoms with van der Waals surface area (Å²) in [4.78, 5) is 17.3. The average Bonchev–Trinajstić information content (AvgIpc) is 2.30. The van der Waals surface area contributed by atoms with E-state index in [1.54, 1.807) is 6.20 Å². The third-order valence-electron chi connectivity index (χ3n) is 2.83. The van der Waals surface area contributed by atoms with Crippen LogP contribution in [0.25, 0.3) is 0 Å². The highest BCUT2D eigenvalue weighted by Gasteiger charge is 2.31. The monoisotopic (exact) mass is 284 g/mol. The Morgan fingerprint density at radius 1 is 1.56 bits per heavy atom. The van der Waals surface area contributed by atoms with Crippen molar-refractivity contribution >= 4 is 27.7 Å². The highest BCUT2D eigenvalue weighted by Crippen LogP contribution is 2.29. The van der Waals surface area contributed by atoms with Crippen LogP contribution in [0.2, 0.25) is 0 Å². The summed E-state index contributed by atoms with van der Waals surface area (Å²) >= 11 is 3.52. The Morgan fingerprint density at radius 3 is 2.94 bits per heavy atom. The molecule has 2 unspecified atom stereocenters. The van der Waals surface area contributed by atoms with Gasteiger partial charge in [-0.05, 0) is 25.0 Å². The minimum Gasteiger partial charge on any atom is -0.481 e. The first-order valence-electron chi connectivity index (χ1n) is 5.23. The zero-order valence-electron chi connectivity index (χ0n) is 8.71. The van der Waals surface area contributed by atoms with Gasteiger partial charge in [0.25, 0.3) is 0 Å². The van der Waals surface area contributed by atoms with Crippen LogP contribution >= 0.6 is 15.9 Å². The number of rotatable bonds is 2. The average molecular weight is 285 g/mol. The molecule has 86 valence electrons. The second kappa shape index (κ2) is 4.82. The Labute approximate surface area is 102 Å². The molecular formula is C11H13BrN2O2. The Hall–Kier alpha value is -1.10. The van der Waals surface area contributed by atoms with E-state index in [1.807, 2.05) is 18.2 Å². The molecule has 5 heteroatoms. The molecule has 1 aromatic rings. The van der Waals surface area contributed by atoms with Crippen molar-refractivity contribution in [2.24, 2.45) is 5.92 Å². The number of aromatic nitrogens is 1. The molecule has 4 nitrogen and oxygen atoms in total. The second-order valence-corrected chi connectivity index (χ2v) is 4.93. The first kappa shape index (κ1) is 11.4. The van der Waals surface area contributed by atoms with Gasteiger partial charge in [0.15, 0.2) is 0 Å². The normalized spacial score (nSPS) is 25.4. The molecule has 2 heterocycles. The topological polar surface area (TPSA) is 53.4 Å². The summed E-state index contributed by atoms with van der Waals surface area (Å²) in [5, 5.41) is 8.96. The van der Waals surface area contributed by atoms with E-state index in [9.17, 15) is 4.79 Å². The first-order chi connectivity index (χ1) is 7.68. The summed E-state index contributed by atoms with van der Waals surface area (Å²) in [6.45, 7) is 0.726. The van der Waals surface area contributed by atoms with Crippen LogP contribution in [0.1, 0.15) is 12.8 Å². The fourth-order valence-corrected chi connectivity index (χ4v) is 2.79. The molecule has 0 saturated carbocycles. The van der Waals surface area contributed by atoms with E-state index in [-0.39, 0.29) is 10.9 Å². The summed E-state index contributed by atoms with van der Waals surface area (Å²) < 4.78 is 0. The van der Waals surface area contributed by atoms with Crippen molar-refractivity contribution in [1.82, 2.24) is 4.98 Å². The van der Waals surface area contributed by atoms with Gasteiger partial charge in [-0.25, -0.2) is 4.98 Å². The van der Waals surface area contributed by atoms with E-state index in [2.05, 4.69) is 25.8 Å². The van der Waals surface area contributed by atoms with Crippen molar-refractivity contribution in [3.8, 4) is 0 Å². The zero-order valence-corrected chi connectivity index (χ0v) is 10.3. The summed E-state index contributed by atoms with van der Waals surface area (Å²) in [6.07, 6.45) is 3.04. The lowest BCUT2D eigenvalue weighted by molar-refractivity contribution is -0.142. The molecule has 2 rings (SSSR count). The summed E-state index contributed by atoms with van der Waals surface area (Å²) in [6, 6.07) is 5.75. The number of alkyl halides is 1. The molecule has 0 aliphatic carbocycles. The molecule has 0 radical (unpaired) electrons. The van der Waals surface area contributed by atoms with Crippen molar-refractivity contribution in [3.05, 3.63) is 24.4 Å². The minimum absolute atomic E-state index is 0.0530. The Balaban J connectivity index is 2.08. The number of carboxylic acid groups (broad SMARTS) is 1. The van der Waals surface area contributed by atoms with Crippen molar-refractivity contribution < 1.29 is 9.90 Å². The lowest BCUT2D eigenvalue weighted by Crippen LogP contribution is -2.41. The van der Waals surface area contributed by atoms with Crippen LogP contribution in [0.4, 0.5) is 5.82 Å². The molecule has 0 amide bonds. The molecule has 0 aromatic carbocycles. The fraction of sp³-hybridized carbons (Fsp3) is 0.455. The number of hydrogen-bond donors (Lipinski definition) is 1. The van der Waals surface area contributed by atoms with Crippen molar-refractivity contribution in [1.29, 1.82) is 0 Å². The van der Waals surface area contributed by atoms with Crippen molar-refractivity contribution in [2.75, 3.05) is 11.4 Å². The van der Waals surface area contributed by atoms with Crippen molar-refractivity contribution in [3.63, 3.8) is 0 Å². The van der Waals surface area contributed by atoms with Crippen LogP contribution in [0.5, 0.6) is 0 Å². The molecule has 1 saturated heterocycles. The SMILES string of the molecule is O=C(O)C1CCN(c2ccccn2)C(Br)C1. The van der Waals surface area contributed by atoms with E-state index >= 15 is 0 Å². The molecule has 2 atom stereocenters. The predicted octanol–water partition coefficient (Wildman–Crippen LogP) is 2.10. The molecule has 0 bridgehead atoms. The molecule has 16 heavy (non-hydrogen) atoms. The van der Waals surface area contributed by atoms with Gasteiger partial charge in [0.2, 0.25) is 0 Å². The summed E-state index contributed by atoms with van der Waals surface area (Å²) in [5.74, 6) is -0.0531. The maximum atomic E-state index is 10.9. The third-order valence-corrected chi connectivity index (χ3v) is 3.70. The fourth-order valence-electron chi connectivity index (χ4n) is 1.92. The molecule has 1 aliphatic rings. The van der Waals surface area contributed by atoms with E-state index in [4.69, 9.17) is 5.11 Å². The van der Waals surface area contributed by atoms with Gasteiger partial charge in [0.1, 0.15) is 5.82 Å². The van der Waals surface area contributed by atoms with Gasteiger partial charge in [-0.2, -0.15) is 0 Å². The summed E-state index contributed by atoms with van der Waals surface area (Å²) in [5.41, 5.74) is 0. The van der Waals surface area contributed by atoms with E-state index in [0.717, 1.165) is 12.4 Å². The van der Waals surface area contributed by atoms with Gasteiger partial charge in [-0.1, -0.05) is 22.0 Å². The standard InChI is InChI=1S/C11H13BrN2O2/c12-9-7-8(11(15)16)4-6-14(9)10-3-1-2-5-13-10/h1-3,5,8-9H,4,6-7H2,(H,15,16). The van der Waals surface area contributed by atoms with E-state index in [0.29, 0.717) is 12.8 Å². The number of halogens is 1. The zero-order chi connectivity index (χ0) is 11.5. The van der Waals surface area contributed by atoms with Gasteiger partial charge in [0, 0.05) is 12.7 Å². The lowest BCUT2D eigenvalue weighted by Gasteiger charge is -2.35. The second-order valence-electron chi connectivity index (χ2n) is 3.88. The number of anilines is 1. The van der Waals surface area contributed by atoms with Crippen LogP contribution in [-0.4, -0.2) is 27.6 Å². The molecule has 1 aliphatic heterocycles. The Bertz CT molecular complexity index is 372. The highest BCUT2D eigenvalue weighted by atomic mass is 79.9. The molecular weight excluding hydrogens is 272 g/mol. The minimum atomic E-state index is -0.704. The van der Waals surface area contributed by atoms with Gasteiger partial charge >= 0.3 is 5.97 Å². The summed E-state index contributed by atoms with van der Waals surface area (Å²) in [7, 11) is 0. The number of pyridine rings is 1. The lowest BCUT2D eigenvalue weighted by atomic mass is 9.97. The largest absolute Gasteiger partial charge is 0.481 e. The van der Waals surface area contributed by atoms with E-state index < -0.39 is 5.97 Å². The number of hydrogen-bond acceptors (Lipinski definition) is 3. The molecule has 0 spiro atoms. The first-order valence-corrected chi connectivity index (χ1v) is 6.14. The Kier molecular flexibility index (Phi) is 3.43. The van der Waals surface area contributed by atoms with Gasteiger partial charge in [0.05, 0.1) is 10.9 Å². The number of aliphatic carboxylic acids is 1. The molecule has 1 N–H and O–H groups in total. The number of piperidine rings is 1. The third kappa shape index (κ3) is 2.35. The number of carbonyl (C=O) groups is 1. The molecule has 1 aromatic heterocycles. The van der Waals surface area contributed by atoms with Crippen LogP contribution in [0, 0.1) is 5.92 Å². The maximum Gasteiger partial charge on any atom is 0.306 e. The van der Waals surface area contributed by atoms with Crippen LogP contribution in [-0.2, 0) is 4.79 Å². The molecule has 1 fully saturated rings. The number of carboxylic acids is 1. The number of nitrogens with zero attached hydrogens (tertiary/aromatic N) is 2. The maximum absolute atomic E-state index is 10.9. The quantitative estimate of drug-likeness (QED) is 0.668. The Morgan fingerprint density at radius 2 is 2.38 bits per heavy atom. The van der Waals surface area contributed by atoms with E-state index in [1.165, 1.54) is 0 Å².